The lowest BCUT2D eigenvalue weighted by molar-refractivity contribution is 0.269. The topological polar surface area (TPSA) is 82.0 Å². The summed E-state index contributed by atoms with van der Waals surface area (Å²) in [7, 11) is 0. The van der Waals surface area contributed by atoms with Crippen LogP contribution in [0.4, 0.5) is 0 Å². The Morgan fingerprint density at radius 3 is 2.97 bits per heavy atom. The van der Waals surface area contributed by atoms with Gasteiger partial charge in [-0.1, -0.05) is 12.6 Å². The number of fused-ring (bicyclic) bond motifs is 2. The summed E-state index contributed by atoms with van der Waals surface area (Å²) in [6.07, 6.45) is 11.2. The first-order chi connectivity index (χ1) is 17.1. The van der Waals surface area contributed by atoms with Crippen molar-refractivity contribution in [2.24, 2.45) is 0 Å². The molecule has 0 bridgehead atoms. The number of hydrogen-bond acceptors (Lipinski definition) is 5. The van der Waals surface area contributed by atoms with E-state index in [1.54, 1.807) is 4.68 Å². The molecule has 3 N–H and O–H groups in total. The third kappa shape index (κ3) is 4.05. The van der Waals surface area contributed by atoms with Gasteiger partial charge in [0.15, 0.2) is 0 Å². The SMILES string of the molecule is C=C(c1cnn(CCO)c1)N1CCc2cc(-c3cnc4[nH]cc(C)c4c3)cc(C3CCCN3)c2C1. The Bertz CT molecular complexity index is 1390. The van der Waals surface area contributed by atoms with E-state index < -0.39 is 0 Å². The molecule has 1 aromatic carbocycles. The van der Waals surface area contributed by atoms with Gasteiger partial charge in [-0.15, -0.1) is 0 Å². The first-order valence-corrected chi connectivity index (χ1v) is 12.5. The maximum Gasteiger partial charge on any atom is 0.137 e. The van der Waals surface area contributed by atoms with Crippen LogP contribution >= 0.6 is 0 Å². The molecule has 7 heteroatoms. The molecule has 1 atom stereocenters. The lowest BCUT2D eigenvalue weighted by atomic mass is 9.87. The average Bonchev–Trinajstić information content (AvgIpc) is 3.65. The third-order valence-electron chi connectivity index (χ3n) is 7.56. The molecular formula is C28H32N6O. The van der Waals surface area contributed by atoms with Gasteiger partial charge in [0, 0.05) is 59.9 Å². The minimum absolute atomic E-state index is 0.0802. The Balaban J connectivity index is 1.36. The Hall–Kier alpha value is -3.42. The minimum Gasteiger partial charge on any atom is -0.394 e. The largest absolute Gasteiger partial charge is 0.394 e. The first kappa shape index (κ1) is 22.1. The van der Waals surface area contributed by atoms with Gasteiger partial charge in [0.1, 0.15) is 5.65 Å². The van der Waals surface area contributed by atoms with Gasteiger partial charge in [-0.05, 0) is 72.7 Å². The van der Waals surface area contributed by atoms with Crippen LogP contribution in [0.15, 0.2) is 49.6 Å². The summed E-state index contributed by atoms with van der Waals surface area (Å²) < 4.78 is 1.77. The molecule has 2 aliphatic heterocycles. The lowest BCUT2D eigenvalue weighted by Gasteiger charge is -2.34. The third-order valence-corrected chi connectivity index (χ3v) is 7.56. The molecule has 0 spiro atoms. The van der Waals surface area contributed by atoms with E-state index in [1.165, 1.54) is 51.6 Å². The molecule has 5 heterocycles. The number of hydrogen-bond donors (Lipinski definition) is 3. The summed E-state index contributed by atoms with van der Waals surface area (Å²) in [6.45, 7) is 9.95. The zero-order valence-corrected chi connectivity index (χ0v) is 20.2. The van der Waals surface area contributed by atoms with Gasteiger partial charge in [-0.25, -0.2) is 4.98 Å². The summed E-state index contributed by atoms with van der Waals surface area (Å²) in [5.41, 5.74) is 10.9. The van der Waals surface area contributed by atoms with E-state index in [0.717, 1.165) is 43.0 Å². The predicted molar refractivity (Wildman–Crippen MR) is 139 cm³/mol. The van der Waals surface area contributed by atoms with Crippen LogP contribution in [0.25, 0.3) is 27.9 Å². The summed E-state index contributed by atoms with van der Waals surface area (Å²) >= 11 is 0. The van der Waals surface area contributed by atoms with Crippen LogP contribution in [0.5, 0.6) is 0 Å². The molecule has 35 heavy (non-hydrogen) atoms. The molecule has 3 aromatic heterocycles. The number of H-pyrrole nitrogens is 1. The van der Waals surface area contributed by atoms with Crippen molar-refractivity contribution in [3.63, 3.8) is 0 Å². The molecule has 0 aliphatic carbocycles. The van der Waals surface area contributed by atoms with Gasteiger partial charge in [0.05, 0.1) is 19.3 Å². The molecule has 0 saturated carbocycles. The quantitative estimate of drug-likeness (QED) is 0.396. The van der Waals surface area contributed by atoms with E-state index in [-0.39, 0.29) is 6.61 Å². The highest BCUT2D eigenvalue weighted by Crippen LogP contribution is 2.37. The fraction of sp³-hybridized carbons (Fsp3) is 0.357. The molecule has 2 aliphatic rings. The van der Waals surface area contributed by atoms with Crippen LogP contribution in [0.3, 0.4) is 0 Å². The number of nitrogens with zero attached hydrogens (tertiary/aromatic N) is 4. The number of benzene rings is 1. The molecule has 180 valence electrons. The normalized spacial score (nSPS) is 17.8. The Morgan fingerprint density at radius 1 is 1.23 bits per heavy atom. The molecule has 0 radical (unpaired) electrons. The summed E-state index contributed by atoms with van der Waals surface area (Å²) in [6, 6.07) is 7.41. The zero-order valence-electron chi connectivity index (χ0n) is 20.2. The van der Waals surface area contributed by atoms with Gasteiger partial charge in [0.2, 0.25) is 0 Å². The van der Waals surface area contributed by atoms with Gasteiger partial charge < -0.3 is 20.3 Å². The molecule has 7 nitrogen and oxygen atoms in total. The Labute approximate surface area is 205 Å². The second kappa shape index (κ2) is 8.98. The van der Waals surface area contributed by atoms with E-state index in [9.17, 15) is 5.11 Å². The van der Waals surface area contributed by atoms with Crippen molar-refractivity contribution >= 4 is 16.7 Å². The number of aromatic amines is 1. The standard InChI is InChI=1S/C28H32N6O/c1-18-13-30-28-24(18)12-22(14-31-28)21-10-20-5-7-33(19(2)23-15-32-34(16-23)8-9-35)17-26(20)25(11-21)27-4-3-6-29-27/h10-16,27,29,35H,2-9,17H2,1H3,(H,30,31). The minimum atomic E-state index is 0.0802. The van der Waals surface area contributed by atoms with Crippen molar-refractivity contribution in [3.8, 4) is 11.1 Å². The van der Waals surface area contributed by atoms with Gasteiger partial charge in [-0.2, -0.15) is 5.10 Å². The van der Waals surface area contributed by atoms with Crippen LogP contribution in [0, 0.1) is 6.92 Å². The van der Waals surface area contributed by atoms with Crippen LogP contribution in [0.2, 0.25) is 0 Å². The molecule has 4 aromatic rings. The lowest BCUT2D eigenvalue weighted by Crippen LogP contribution is -2.31. The van der Waals surface area contributed by atoms with Crippen LogP contribution in [-0.4, -0.2) is 49.5 Å². The second-order valence-electron chi connectivity index (χ2n) is 9.78. The molecule has 6 rings (SSSR count). The number of pyridine rings is 1. The van der Waals surface area contributed by atoms with E-state index in [4.69, 9.17) is 0 Å². The smallest absolute Gasteiger partial charge is 0.137 e. The second-order valence-corrected chi connectivity index (χ2v) is 9.78. The van der Waals surface area contributed by atoms with E-state index in [0.29, 0.717) is 12.6 Å². The number of aromatic nitrogens is 4. The highest BCUT2D eigenvalue weighted by molar-refractivity contribution is 5.84. The van der Waals surface area contributed by atoms with Crippen molar-refractivity contribution in [2.75, 3.05) is 19.7 Å². The van der Waals surface area contributed by atoms with Gasteiger partial charge in [-0.3, -0.25) is 4.68 Å². The van der Waals surface area contributed by atoms with Crippen LogP contribution < -0.4 is 5.32 Å². The number of rotatable bonds is 6. The number of aliphatic hydroxyl groups is 1. The Kier molecular flexibility index (Phi) is 5.66. The van der Waals surface area contributed by atoms with Crippen molar-refractivity contribution in [1.29, 1.82) is 0 Å². The molecule has 1 saturated heterocycles. The molecular weight excluding hydrogens is 436 g/mol. The van der Waals surface area contributed by atoms with Crippen LogP contribution in [-0.2, 0) is 19.5 Å². The highest BCUT2D eigenvalue weighted by atomic mass is 16.3. The fourth-order valence-electron chi connectivity index (χ4n) is 5.57. The molecule has 1 unspecified atom stereocenters. The van der Waals surface area contributed by atoms with Crippen molar-refractivity contribution in [2.45, 2.75) is 45.3 Å². The van der Waals surface area contributed by atoms with Crippen molar-refractivity contribution < 1.29 is 5.11 Å². The summed E-state index contributed by atoms with van der Waals surface area (Å²) in [5.74, 6) is 0. The Morgan fingerprint density at radius 2 is 2.14 bits per heavy atom. The van der Waals surface area contributed by atoms with Crippen LogP contribution in [0.1, 0.15) is 46.7 Å². The maximum atomic E-state index is 9.21. The first-order valence-electron chi connectivity index (χ1n) is 12.5. The highest BCUT2D eigenvalue weighted by Gasteiger charge is 2.27. The predicted octanol–water partition coefficient (Wildman–Crippen LogP) is 4.18. The van der Waals surface area contributed by atoms with Crippen molar-refractivity contribution in [1.82, 2.24) is 30.0 Å². The molecule has 0 amide bonds. The van der Waals surface area contributed by atoms with E-state index in [2.05, 4.69) is 57.0 Å². The average molecular weight is 469 g/mol. The molecule has 1 fully saturated rings. The maximum absolute atomic E-state index is 9.21. The fourth-order valence-corrected chi connectivity index (χ4v) is 5.57. The summed E-state index contributed by atoms with van der Waals surface area (Å²) in [5, 5.41) is 18.5. The number of nitrogens with one attached hydrogen (secondary N) is 2. The zero-order chi connectivity index (χ0) is 23.9. The number of aryl methyl sites for hydroxylation is 1. The number of aliphatic hydroxyl groups excluding tert-OH is 1. The van der Waals surface area contributed by atoms with Gasteiger partial charge >= 0.3 is 0 Å². The summed E-state index contributed by atoms with van der Waals surface area (Å²) in [4.78, 5) is 10.3. The van der Waals surface area contributed by atoms with Gasteiger partial charge in [0.25, 0.3) is 0 Å². The monoisotopic (exact) mass is 468 g/mol. The van der Waals surface area contributed by atoms with Crippen molar-refractivity contribution in [3.05, 3.63) is 77.4 Å². The van der Waals surface area contributed by atoms with E-state index in [1.807, 2.05) is 24.8 Å². The van der Waals surface area contributed by atoms with E-state index >= 15 is 0 Å².